The molecule has 0 spiro atoms. The summed E-state index contributed by atoms with van der Waals surface area (Å²) in [7, 11) is -5.30. The lowest BCUT2D eigenvalue weighted by Gasteiger charge is -2.25. The standard InChI is InChI=1S/C9H20N2O5S2/c1-10(4-2-7-12)18(15,16)11-5-3-8-17(13,14)9-6-11/h12H,2-9H2,1H3. The van der Waals surface area contributed by atoms with E-state index in [1.807, 2.05) is 0 Å². The first-order chi connectivity index (χ1) is 8.29. The Morgan fingerprint density at radius 2 is 1.94 bits per heavy atom. The predicted octanol–water partition coefficient (Wildman–Crippen LogP) is -1.33. The van der Waals surface area contributed by atoms with Crippen molar-refractivity contribution in [2.75, 3.05) is 44.8 Å². The van der Waals surface area contributed by atoms with E-state index in [-0.39, 0.29) is 37.7 Å². The largest absolute Gasteiger partial charge is 0.396 e. The van der Waals surface area contributed by atoms with Crippen molar-refractivity contribution in [3.63, 3.8) is 0 Å². The van der Waals surface area contributed by atoms with Crippen LogP contribution in [0.4, 0.5) is 0 Å². The van der Waals surface area contributed by atoms with Gasteiger partial charge in [0, 0.05) is 33.3 Å². The highest BCUT2D eigenvalue weighted by Gasteiger charge is 2.30. The summed E-state index contributed by atoms with van der Waals surface area (Å²) >= 11 is 0. The van der Waals surface area contributed by atoms with E-state index in [1.165, 1.54) is 11.4 Å². The normalized spacial score (nSPS) is 21.9. The van der Waals surface area contributed by atoms with Crippen molar-refractivity contribution in [3.8, 4) is 0 Å². The quantitative estimate of drug-likeness (QED) is 0.678. The van der Waals surface area contributed by atoms with Crippen LogP contribution >= 0.6 is 0 Å². The first kappa shape index (κ1) is 15.8. The summed E-state index contributed by atoms with van der Waals surface area (Å²) in [4.78, 5) is 0. The third-order valence-corrected chi connectivity index (χ3v) is 6.57. The van der Waals surface area contributed by atoms with Crippen LogP contribution in [0.1, 0.15) is 12.8 Å². The van der Waals surface area contributed by atoms with E-state index in [9.17, 15) is 16.8 Å². The molecule has 0 aromatic heterocycles. The van der Waals surface area contributed by atoms with Gasteiger partial charge < -0.3 is 5.11 Å². The monoisotopic (exact) mass is 300 g/mol. The zero-order valence-electron chi connectivity index (χ0n) is 10.4. The molecule has 0 bridgehead atoms. The van der Waals surface area contributed by atoms with Crippen LogP contribution in [0.5, 0.6) is 0 Å². The SMILES string of the molecule is CN(CCCO)S(=O)(=O)N1CCCS(=O)(=O)CC1. The molecular weight excluding hydrogens is 280 g/mol. The molecule has 108 valence electrons. The Morgan fingerprint density at radius 3 is 2.56 bits per heavy atom. The maximum Gasteiger partial charge on any atom is 0.281 e. The maximum atomic E-state index is 12.1. The highest BCUT2D eigenvalue weighted by atomic mass is 32.2. The topological polar surface area (TPSA) is 95.0 Å². The van der Waals surface area contributed by atoms with Gasteiger partial charge in [-0.2, -0.15) is 17.0 Å². The second-order valence-corrected chi connectivity index (χ2v) is 8.65. The summed E-state index contributed by atoms with van der Waals surface area (Å²) in [5.74, 6) is -0.0839. The Hall–Kier alpha value is -0.220. The van der Waals surface area contributed by atoms with E-state index in [0.717, 1.165) is 4.31 Å². The molecular formula is C9H20N2O5S2. The van der Waals surface area contributed by atoms with Crippen LogP contribution in [0, 0.1) is 0 Å². The van der Waals surface area contributed by atoms with Gasteiger partial charge in [-0.25, -0.2) is 8.42 Å². The van der Waals surface area contributed by atoms with Gasteiger partial charge in [-0.3, -0.25) is 0 Å². The molecule has 0 radical (unpaired) electrons. The van der Waals surface area contributed by atoms with Crippen LogP contribution in [-0.2, 0) is 20.0 Å². The molecule has 18 heavy (non-hydrogen) atoms. The zero-order valence-corrected chi connectivity index (χ0v) is 12.1. The van der Waals surface area contributed by atoms with Crippen LogP contribution in [0.25, 0.3) is 0 Å². The second kappa shape index (κ2) is 6.29. The highest BCUT2D eigenvalue weighted by Crippen LogP contribution is 2.12. The third kappa shape index (κ3) is 4.16. The van der Waals surface area contributed by atoms with Crippen LogP contribution in [0.2, 0.25) is 0 Å². The number of rotatable bonds is 5. The van der Waals surface area contributed by atoms with Crippen molar-refractivity contribution in [2.45, 2.75) is 12.8 Å². The average Bonchev–Trinajstić information content (AvgIpc) is 2.47. The van der Waals surface area contributed by atoms with Gasteiger partial charge in [0.15, 0.2) is 9.84 Å². The van der Waals surface area contributed by atoms with Gasteiger partial charge in [0.1, 0.15) is 0 Å². The van der Waals surface area contributed by atoms with Gasteiger partial charge >= 0.3 is 0 Å². The summed E-state index contributed by atoms with van der Waals surface area (Å²) < 4.78 is 49.5. The molecule has 0 amide bonds. The number of sulfone groups is 1. The molecule has 0 saturated carbocycles. The third-order valence-electron chi connectivity index (χ3n) is 2.87. The Morgan fingerprint density at radius 1 is 1.28 bits per heavy atom. The fraction of sp³-hybridized carbons (Fsp3) is 1.00. The van der Waals surface area contributed by atoms with E-state index in [4.69, 9.17) is 5.11 Å². The lowest BCUT2D eigenvalue weighted by atomic mass is 10.5. The number of hydrogen-bond acceptors (Lipinski definition) is 5. The number of aliphatic hydroxyl groups is 1. The minimum absolute atomic E-state index is 0.00807. The van der Waals surface area contributed by atoms with Gasteiger partial charge in [-0.05, 0) is 12.8 Å². The van der Waals surface area contributed by atoms with Crippen LogP contribution < -0.4 is 0 Å². The smallest absolute Gasteiger partial charge is 0.281 e. The molecule has 0 unspecified atom stereocenters. The Balaban J connectivity index is 2.73. The molecule has 1 fully saturated rings. The van der Waals surface area contributed by atoms with Crippen molar-refractivity contribution in [3.05, 3.63) is 0 Å². The van der Waals surface area contributed by atoms with E-state index in [2.05, 4.69) is 0 Å². The van der Waals surface area contributed by atoms with Crippen molar-refractivity contribution in [1.29, 1.82) is 0 Å². The first-order valence-corrected chi connectivity index (χ1v) is 9.04. The molecule has 0 atom stereocenters. The Bertz CT molecular complexity index is 459. The minimum Gasteiger partial charge on any atom is -0.396 e. The molecule has 1 heterocycles. The number of hydrogen-bond donors (Lipinski definition) is 1. The number of aliphatic hydroxyl groups excluding tert-OH is 1. The summed E-state index contributed by atoms with van der Waals surface area (Å²) in [6, 6.07) is 0. The van der Waals surface area contributed by atoms with E-state index in [1.54, 1.807) is 0 Å². The molecule has 1 rings (SSSR count). The molecule has 0 aromatic carbocycles. The fourth-order valence-corrected chi connectivity index (χ4v) is 4.58. The molecule has 1 N–H and O–H groups in total. The maximum absolute atomic E-state index is 12.1. The molecule has 1 saturated heterocycles. The summed E-state index contributed by atoms with van der Waals surface area (Å²) in [6.45, 7) is 0.384. The van der Waals surface area contributed by atoms with Gasteiger partial charge in [-0.15, -0.1) is 0 Å². The Kier molecular flexibility index (Phi) is 5.53. The lowest BCUT2D eigenvalue weighted by Crippen LogP contribution is -2.43. The summed E-state index contributed by atoms with van der Waals surface area (Å²) in [5.41, 5.74) is 0. The predicted molar refractivity (Wildman–Crippen MR) is 68.1 cm³/mol. The molecule has 0 aromatic rings. The van der Waals surface area contributed by atoms with Crippen molar-refractivity contribution >= 4 is 20.0 Å². The van der Waals surface area contributed by atoms with Crippen LogP contribution in [0.3, 0.4) is 0 Å². The first-order valence-electron chi connectivity index (χ1n) is 5.82. The zero-order chi connectivity index (χ0) is 13.8. The van der Waals surface area contributed by atoms with Crippen molar-refractivity contribution in [1.82, 2.24) is 8.61 Å². The molecule has 1 aliphatic rings. The highest BCUT2D eigenvalue weighted by molar-refractivity contribution is 7.91. The fourth-order valence-electron chi connectivity index (χ4n) is 1.75. The van der Waals surface area contributed by atoms with E-state index in [0.29, 0.717) is 12.8 Å². The van der Waals surface area contributed by atoms with Gasteiger partial charge in [0.05, 0.1) is 11.5 Å². The molecule has 7 nitrogen and oxygen atoms in total. The number of nitrogens with zero attached hydrogens (tertiary/aromatic N) is 2. The van der Waals surface area contributed by atoms with Crippen molar-refractivity contribution in [2.24, 2.45) is 0 Å². The van der Waals surface area contributed by atoms with E-state index >= 15 is 0 Å². The van der Waals surface area contributed by atoms with Crippen molar-refractivity contribution < 1.29 is 21.9 Å². The average molecular weight is 300 g/mol. The van der Waals surface area contributed by atoms with Crippen LogP contribution in [-0.4, -0.2) is 75.3 Å². The van der Waals surface area contributed by atoms with Gasteiger partial charge in [0.25, 0.3) is 10.2 Å². The second-order valence-electron chi connectivity index (χ2n) is 4.31. The van der Waals surface area contributed by atoms with Gasteiger partial charge in [0.2, 0.25) is 0 Å². The van der Waals surface area contributed by atoms with Crippen LogP contribution in [0.15, 0.2) is 0 Å². The Labute approximate surface area is 108 Å². The van der Waals surface area contributed by atoms with Gasteiger partial charge in [-0.1, -0.05) is 0 Å². The summed E-state index contributed by atoms with van der Waals surface area (Å²) in [6.07, 6.45) is 0.692. The lowest BCUT2D eigenvalue weighted by molar-refractivity contribution is 0.271. The summed E-state index contributed by atoms with van der Waals surface area (Å²) in [5, 5.41) is 8.69. The molecule has 1 aliphatic heterocycles. The minimum atomic E-state index is -3.62. The molecule has 0 aliphatic carbocycles. The molecule has 9 heteroatoms. The van der Waals surface area contributed by atoms with E-state index < -0.39 is 20.0 Å².